The summed E-state index contributed by atoms with van der Waals surface area (Å²) in [6, 6.07) is 33.8. The van der Waals surface area contributed by atoms with Crippen molar-refractivity contribution in [3.05, 3.63) is 131 Å². The quantitative estimate of drug-likeness (QED) is 0.0234. The fraction of sp³-hybridized carbons (Fsp3) is 0.431. The van der Waals surface area contributed by atoms with E-state index < -0.39 is 25.5 Å². The van der Waals surface area contributed by atoms with E-state index in [0.29, 0.717) is 52.0 Å². The molecule has 380 valence electrons. The standard InChI is InChI=1S/C25H33N3O5.C14H22N2O3.C11H15NO3.CH3F/c1-33-23(19-29)18-28(16-13-20-5-3-2-4-6-20)25(32)17-27-24(31)12-15-26-14-11-21-7-9-22(30)10-8-21;1-18-14(19-2)11-16(13(17)10-15)9-8-12-6-4-3-5-7-12;13-10-3-1-9(2-4-10)5-7-12-8-6-11(14)15;1-2/h2-10,19,23,26,30H,11-18H2,1H3,(H,27,31);3-7,14H,8-11,15H2,1-2H3;1-4,12-13H,5-8H2,(H,14,15);1H3/i;;;1D. The van der Waals surface area contributed by atoms with E-state index in [2.05, 4.69) is 16.0 Å². The molecule has 0 saturated heterocycles. The van der Waals surface area contributed by atoms with Crippen LogP contribution in [0.15, 0.2) is 109 Å². The Morgan fingerprint density at radius 3 is 1.49 bits per heavy atom. The van der Waals surface area contributed by atoms with Gasteiger partial charge in [-0.3, -0.25) is 23.6 Å². The number of carbonyl (C=O) groups is 5. The first-order valence-electron chi connectivity index (χ1n) is 23.2. The number of rotatable bonds is 29. The average Bonchev–Trinajstić information content (AvgIpc) is 3.37. The van der Waals surface area contributed by atoms with Crippen molar-refractivity contribution in [3.8, 4) is 11.5 Å². The highest BCUT2D eigenvalue weighted by molar-refractivity contribution is 5.85. The second-order valence-corrected chi connectivity index (χ2v) is 15.2. The van der Waals surface area contributed by atoms with Crippen molar-refractivity contribution in [1.82, 2.24) is 25.8 Å². The van der Waals surface area contributed by atoms with Crippen LogP contribution in [0, 0.1) is 0 Å². The number of aromatic hydroxyl groups is 2. The molecule has 0 fully saturated rings. The number of carboxylic acids is 1. The lowest BCUT2D eigenvalue weighted by Gasteiger charge is -2.26. The minimum atomic E-state index is -1.00. The van der Waals surface area contributed by atoms with Gasteiger partial charge in [-0.05, 0) is 85.3 Å². The maximum absolute atomic E-state index is 12.7. The maximum Gasteiger partial charge on any atom is 0.304 e. The largest absolute Gasteiger partial charge is 0.508 e. The third kappa shape index (κ3) is 29.3. The molecule has 1 atom stereocenters. The van der Waals surface area contributed by atoms with Crippen LogP contribution in [0.5, 0.6) is 11.5 Å². The maximum atomic E-state index is 12.7. The Morgan fingerprint density at radius 2 is 1.09 bits per heavy atom. The summed E-state index contributed by atoms with van der Waals surface area (Å²) < 4.78 is 30.8. The molecule has 8 N–H and O–H groups in total. The molecule has 4 rings (SSSR count). The van der Waals surface area contributed by atoms with E-state index in [0.717, 1.165) is 42.5 Å². The van der Waals surface area contributed by atoms with Crippen molar-refractivity contribution in [3.63, 3.8) is 0 Å². The van der Waals surface area contributed by atoms with Crippen molar-refractivity contribution in [2.45, 2.75) is 50.9 Å². The average molecular weight is 966 g/mol. The Morgan fingerprint density at radius 1 is 0.652 bits per heavy atom. The van der Waals surface area contributed by atoms with Crippen LogP contribution in [0.3, 0.4) is 0 Å². The Hall–Kier alpha value is -6.28. The van der Waals surface area contributed by atoms with Gasteiger partial charge < -0.3 is 65.8 Å². The minimum Gasteiger partial charge on any atom is -0.508 e. The molecule has 0 heterocycles. The van der Waals surface area contributed by atoms with E-state index in [1.54, 1.807) is 48.3 Å². The van der Waals surface area contributed by atoms with E-state index >= 15 is 0 Å². The SMILES string of the molecule is COC(C=O)CN(CCc1ccccc1)C(=O)CNC(=O)CCNCCc1ccc(O)cc1.COC(CN(CCc1ccccc1)C(=O)CN)OC.O=C(O)CCNCCc1ccc(O)cc1.[2H]CF. The monoisotopic (exact) mass is 966 g/mol. The number of carbonyl (C=O) groups excluding carboxylic acids is 4. The van der Waals surface area contributed by atoms with E-state index in [4.69, 9.17) is 31.5 Å². The van der Waals surface area contributed by atoms with Gasteiger partial charge >= 0.3 is 5.97 Å². The second-order valence-electron chi connectivity index (χ2n) is 15.2. The number of alkyl halides is 1. The number of carboxylic acid groups (broad SMARTS) is 1. The van der Waals surface area contributed by atoms with Crippen molar-refractivity contribution in [2.75, 3.05) is 93.9 Å². The van der Waals surface area contributed by atoms with Crippen LogP contribution in [-0.4, -0.2) is 161 Å². The van der Waals surface area contributed by atoms with Crippen LogP contribution in [0.4, 0.5) is 4.39 Å². The first kappa shape index (κ1) is 58.8. The number of aliphatic carboxylic acids is 1. The molecule has 3 amide bonds. The number of phenols is 2. The van der Waals surface area contributed by atoms with Crippen LogP contribution >= 0.6 is 0 Å². The molecular formula is C51H73FN6O11. The zero-order chi connectivity index (χ0) is 51.8. The molecule has 0 spiro atoms. The van der Waals surface area contributed by atoms with E-state index in [1.165, 1.54) is 12.7 Å². The summed E-state index contributed by atoms with van der Waals surface area (Å²) in [5.74, 6) is -0.870. The number of benzene rings is 4. The molecule has 0 aliphatic carbocycles. The van der Waals surface area contributed by atoms with E-state index in [9.17, 15) is 33.5 Å². The zero-order valence-corrected chi connectivity index (χ0v) is 40.1. The number of nitrogens with one attached hydrogen (secondary N) is 3. The lowest BCUT2D eigenvalue weighted by atomic mass is 10.1. The third-order valence-corrected chi connectivity index (χ3v) is 10.2. The van der Waals surface area contributed by atoms with Gasteiger partial charge in [0.25, 0.3) is 0 Å². The molecule has 4 aromatic carbocycles. The molecule has 0 saturated carbocycles. The van der Waals surface area contributed by atoms with Crippen LogP contribution in [0.25, 0.3) is 0 Å². The first-order chi connectivity index (χ1) is 33.8. The van der Waals surface area contributed by atoms with E-state index in [1.807, 2.05) is 84.9 Å². The summed E-state index contributed by atoms with van der Waals surface area (Å²) in [5, 5.41) is 35.6. The van der Waals surface area contributed by atoms with Crippen LogP contribution < -0.4 is 21.7 Å². The summed E-state index contributed by atoms with van der Waals surface area (Å²) >= 11 is 0. The minimum absolute atomic E-state index is 0.00502. The second kappa shape index (κ2) is 38.7. The molecule has 17 nitrogen and oxygen atoms in total. The number of nitrogens with zero attached hydrogens (tertiary/aromatic N) is 2. The highest BCUT2D eigenvalue weighted by Gasteiger charge is 2.20. The van der Waals surface area contributed by atoms with Gasteiger partial charge in [0.1, 0.15) is 17.6 Å². The molecule has 0 aromatic heterocycles. The number of halogens is 1. The summed E-state index contributed by atoms with van der Waals surface area (Å²) in [6.07, 6.45) is 2.98. The summed E-state index contributed by atoms with van der Waals surface area (Å²) in [7, 11) is 3.53. The summed E-state index contributed by atoms with van der Waals surface area (Å²) in [4.78, 5) is 61.2. The predicted octanol–water partition coefficient (Wildman–Crippen LogP) is 3.54. The number of aldehydes is 1. The lowest BCUT2D eigenvalue weighted by molar-refractivity contribution is -0.144. The normalized spacial score (nSPS) is 11.0. The molecule has 1 unspecified atom stereocenters. The summed E-state index contributed by atoms with van der Waals surface area (Å²) in [6.45, 7) is 3.85. The number of phenolic OH excluding ortho intramolecular Hbond substituents is 2. The molecule has 0 bridgehead atoms. The number of amides is 3. The Bertz CT molecular complexity index is 1990. The fourth-order valence-corrected chi connectivity index (χ4v) is 6.21. The molecule has 18 heteroatoms. The molecular weight excluding hydrogens is 892 g/mol. The molecule has 0 aliphatic heterocycles. The number of methoxy groups -OCH3 is 3. The third-order valence-electron chi connectivity index (χ3n) is 10.2. The first-order valence-corrected chi connectivity index (χ1v) is 22.5. The molecule has 69 heavy (non-hydrogen) atoms. The number of hydrogen-bond donors (Lipinski definition) is 7. The van der Waals surface area contributed by atoms with Gasteiger partial charge in [-0.15, -0.1) is 0 Å². The number of hydrogen-bond acceptors (Lipinski definition) is 13. The highest BCUT2D eigenvalue weighted by atomic mass is 19.1. The van der Waals surface area contributed by atoms with Crippen molar-refractivity contribution in [2.24, 2.45) is 5.73 Å². The fourth-order valence-electron chi connectivity index (χ4n) is 6.21. The van der Waals surface area contributed by atoms with Crippen LogP contribution in [0.2, 0.25) is 0 Å². The number of ether oxygens (including phenoxy) is 3. The van der Waals surface area contributed by atoms with Crippen molar-refractivity contribution < 1.29 is 59.3 Å². The predicted molar refractivity (Wildman–Crippen MR) is 263 cm³/mol. The van der Waals surface area contributed by atoms with Gasteiger partial charge in [-0.1, -0.05) is 84.9 Å². The van der Waals surface area contributed by atoms with Gasteiger partial charge in [-0.2, -0.15) is 0 Å². The van der Waals surface area contributed by atoms with Crippen molar-refractivity contribution in [1.29, 1.82) is 0 Å². The Kier molecular flexibility index (Phi) is 33.0. The van der Waals surface area contributed by atoms with Gasteiger partial charge in [0.15, 0.2) is 12.6 Å². The van der Waals surface area contributed by atoms with Crippen LogP contribution in [-0.2, 0) is 63.9 Å². The number of nitrogens with two attached hydrogens (primary N) is 1. The Balaban J connectivity index is 0.000000558. The summed E-state index contributed by atoms with van der Waals surface area (Å²) in [5.41, 5.74) is 9.91. The zero-order valence-electron chi connectivity index (χ0n) is 41.1. The molecule has 4 aromatic rings. The van der Waals surface area contributed by atoms with Gasteiger partial charge in [0.05, 0.1) is 41.1 Å². The van der Waals surface area contributed by atoms with Crippen LogP contribution in [0.1, 0.15) is 36.5 Å². The van der Waals surface area contributed by atoms with Gasteiger partial charge in [0.2, 0.25) is 17.7 Å². The smallest absolute Gasteiger partial charge is 0.304 e. The topological polar surface area (TPSA) is 242 Å². The van der Waals surface area contributed by atoms with E-state index in [-0.39, 0.29) is 61.7 Å². The highest BCUT2D eigenvalue weighted by Crippen LogP contribution is 2.11. The Labute approximate surface area is 407 Å². The molecule has 0 aliphatic rings. The van der Waals surface area contributed by atoms with Crippen molar-refractivity contribution >= 4 is 30.0 Å². The van der Waals surface area contributed by atoms with Gasteiger partial charge in [0, 0.05) is 53.9 Å². The lowest BCUT2D eigenvalue weighted by Crippen LogP contribution is -2.45. The van der Waals surface area contributed by atoms with Gasteiger partial charge in [-0.25, -0.2) is 0 Å². The molecule has 0 radical (unpaired) electrons.